The topological polar surface area (TPSA) is 69.9 Å². The van der Waals surface area contributed by atoms with Crippen LogP contribution in [-0.2, 0) is 20.9 Å². The lowest BCUT2D eigenvalue weighted by Gasteiger charge is -2.10. The van der Waals surface area contributed by atoms with Crippen molar-refractivity contribution >= 4 is 33.4 Å². The largest absolute Gasteiger partial charge is 0.497 e. The van der Waals surface area contributed by atoms with Crippen LogP contribution in [0.25, 0.3) is 10.2 Å². The molecule has 0 saturated heterocycles. The minimum Gasteiger partial charge on any atom is -0.497 e. The Kier molecular flexibility index (Phi) is 8.03. The Morgan fingerprint density at radius 3 is 2.48 bits per heavy atom. The molecule has 0 spiro atoms. The number of carbonyl (C=O) groups is 2. The molecule has 2 rings (SSSR count). The van der Waals surface area contributed by atoms with E-state index in [0.717, 1.165) is 41.6 Å². The molecule has 1 heterocycles. The highest BCUT2D eigenvalue weighted by atomic mass is 32.1. The number of nitrogens with zero attached hydrogens (tertiary/aromatic N) is 2. The summed E-state index contributed by atoms with van der Waals surface area (Å²) >= 11 is 1.38. The van der Waals surface area contributed by atoms with E-state index in [-0.39, 0.29) is 24.3 Å². The molecular formula is C20H28N2O4S. The molecule has 0 aliphatic rings. The smallest absolute Gasteiger partial charge is 0.326 e. The molecule has 148 valence electrons. The molecule has 0 bridgehead atoms. The van der Waals surface area contributed by atoms with Crippen LogP contribution in [0.2, 0.25) is 0 Å². The van der Waals surface area contributed by atoms with Crippen LogP contribution in [0, 0.1) is 5.92 Å². The summed E-state index contributed by atoms with van der Waals surface area (Å²) in [5.74, 6) is 0.186. The lowest BCUT2D eigenvalue weighted by Crippen LogP contribution is -2.24. The summed E-state index contributed by atoms with van der Waals surface area (Å²) in [6.45, 7) is 6.26. The average molecular weight is 393 g/mol. The predicted octanol–water partition coefficient (Wildman–Crippen LogP) is 3.92. The average Bonchev–Trinajstić information content (AvgIpc) is 2.97. The maximum atomic E-state index is 12.7. The van der Waals surface area contributed by atoms with Gasteiger partial charge in [0.25, 0.3) is 5.91 Å². The number of hydrogen-bond acceptors (Lipinski definition) is 5. The van der Waals surface area contributed by atoms with Gasteiger partial charge in [0.2, 0.25) is 0 Å². The Balaban J connectivity index is 2.51. The number of benzene rings is 1. The van der Waals surface area contributed by atoms with E-state index in [1.807, 2.05) is 18.2 Å². The van der Waals surface area contributed by atoms with Gasteiger partial charge in [-0.1, -0.05) is 38.0 Å². The molecule has 1 aromatic carbocycles. The second-order valence-electron chi connectivity index (χ2n) is 6.33. The van der Waals surface area contributed by atoms with E-state index >= 15 is 0 Å². The summed E-state index contributed by atoms with van der Waals surface area (Å²) in [5.41, 5.74) is 0.836. The lowest BCUT2D eigenvalue weighted by atomic mass is 9.98. The molecule has 0 saturated carbocycles. The fourth-order valence-corrected chi connectivity index (χ4v) is 4.09. The van der Waals surface area contributed by atoms with E-state index in [0.29, 0.717) is 11.4 Å². The van der Waals surface area contributed by atoms with Crippen molar-refractivity contribution in [3.05, 3.63) is 23.0 Å². The van der Waals surface area contributed by atoms with Gasteiger partial charge in [0.15, 0.2) is 4.80 Å². The molecule has 0 unspecified atom stereocenters. The van der Waals surface area contributed by atoms with Gasteiger partial charge >= 0.3 is 5.97 Å². The van der Waals surface area contributed by atoms with Crippen molar-refractivity contribution in [3.8, 4) is 5.75 Å². The van der Waals surface area contributed by atoms with Crippen molar-refractivity contribution in [2.75, 3.05) is 13.7 Å². The first kappa shape index (κ1) is 21.2. The van der Waals surface area contributed by atoms with E-state index in [1.54, 1.807) is 18.6 Å². The summed E-state index contributed by atoms with van der Waals surface area (Å²) in [6, 6.07) is 5.60. The van der Waals surface area contributed by atoms with Crippen LogP contribution in [0.5, 0.6) is 5.75 Å². The van der Waals surface area contributed by atoms with Crippen molar-refractivity contribution in [2.45, 2.75) is 53.0 Å². The number of aromatic nitrogens is 1. The van der Waals surface area contributed by atoms with Crippen molar-refractivity contribution in [1.82, 2.24) is 4.57 Å². The molecule has 27 heavy (non-hydrogen) atoms. The minimum atomic E-state index is -0.347. The number of hydrogen-bond donors (Lipinski definition) is 0. The lowest BCUT2D eigenvalue weighted by molar-refractivity contribution is -0.143. The molecule has 0 N–H and O–H groups in total. The first-order valence-corrected chi connectivity index (χ1v) is 10.3. The zero-order chi connectivity index (χ0) is 19.8. The van der Waals surface area contributed by atoms with Gasteiger partial charge in [-0.25, -0.2) is 0 Å². The molecule has 2 aromatic rings. The molecule has 0 atom stereocenters. The highest BCUT2D eigenvalue weighted by molar-refractivity contribution is 7.16. The van der Waals surface area contributed by atoms with Gasteiger partial charge in [-0.15, -0.1) is 0 Å². The van der Waals surface area contributed by atoms with Crippen molar-refractivity contribution in [1.29, 1.82) is 0 Å². The van der Waals surface area contributed by atoms with Gasteiger partial charge < -0.3 is 14.0 Å². The number of fused-ring (bicyclic) bond motifs is 1. The molecule has 0 radical (unpaired) electrons. The summed E-state index contributed by atoms with van der Waals surface area (Å²) in [4.78, 5) is 29.7. The van der Waals surface area contributed by atoms with E-state index in [4.69, 9.17) is 9.47 Å². The third-order valence-electron chi connectivity index (χ3n) is 4.31. The summed E-state index contributed by atoms with van der Waals surface area (Å²) < 4.78 is 13.0. The summed E-state index contributed by atoms with van der Waals surface area (Å²) in [5, 5.41) is 0. The van der Waals surface area contributed by atoms with Crippen molar-refractivity contribution in [3.63, 3.8) is 0 Å². The Hall–Kier alpha value is -2.15. The molecule has 0 aliphatic heterocycles. The SMILES string of the molecule is CCCC(CCC)C(=O)N=c1sc2cc(OC)ccc2n1CC(=O)OCC. The highest BCUT2D eigenvalue weighted by Crippen LogP contribution is 2.23. The number of rotatable bonds is 9. The van der Waals surface area contributed by atoms with Gasteiger partial charge in [-0.2, -0.15) is 4.99 Å². The Morgan fingerprint density at radius 1 is 1.19 bits per heavy atom. The summed E-state index contributed by atoms with van der Waals surface area (Å²) in [7, 11) is 1.61. The van der Waals surface area contributed by atoms with Crippen LogP contribution in [-0.4, -0.2) is 30.2 Å². The first-order valence-electron chi connectivity index (χ1n) is 9.45. The zero-order valence-corrected chi connectivity index (χ0v) is 17.3. The number of thiazole rings is 1. The molecule has 6 nitrogen and oxygen atoms in total. The number of amides is 1. The van der Waals surface area contributed by atoms with Gasteiger partial charge in [-0.05, 0) is 38.0 Å². The minimum absolute atomic E-state index is 0.0263. The van der Waals surface area contributed by atoms with E-state index in [1.165, 1.54) is 11.3 Å². The van der Waals surface area contributed by atoms with Gasteiger partial charge in [-0.3, -0.25) is 9.59 Å². The van der Waals surface area contributed by atoms with E-state index < -0.39 is 0 Å². The maximum absolute atomic E-state index is 12.7. The second-order valence-corrected chi connectivity index (χ2v) is 7.34. The number of ether oxygens (including phenoxy) is 2. The van der Waals surface area contributed by atoms with Gasteiger partial charge in [0.1, 0.15) is 12.3 Å². The monoisotopic (exact) mass is 392 g/mol. The molecule has 0 fully saturated rings. The standard InChI is InChI=1S/C20H28N2O4S/c1-5-8-14(9-6-2)19(24)21-20-22(13-18(23)26-7-3)16-11-10-15(25-4)12-17(16)27-20/h10-12,14H,5-9,13H2,1-4H3. The number of methoxy groups -OCH3 is 1. The fourth-order valence-electron chi connectivity index (χ4n) is 3.03. The normalized spacial score (nSPS) is 12.0. The van der Waals surface area contributed by atoms with Crippen LogP contribution in [0.1, 0.15) is 46.5 Å². The number of esters is 1. The fraction of sp³-hybridized carbons (Fsp3) is 0.550. The van der Waals surface area contributed by atoms with Crippen molar-refractivity contribution < 1.29 is 19.1 Å². The maximum Gasteiger partial charge on any atom is 0.326 e. The number of carbonyl (C=O) groups excluding carboxylic acids is 2. The van der Waals surface area contributed by atoms with Gasteiger partial charge in [0.05, 0.1) is 23.9 Å². The Bertz CT molecular complexity index is 847. The van der Waals surface area contributed by atoms with Crippen LogP contribution in [0.4, 0.5) is 0 Å². The second kappa shape index (κ2) is 10.3. The highest BCUT2D eigenvalue weighted by Gasteiger charge is 2.18. The van der Waals surface area contributed by atoms with Crippen LogP contribution in [0.15, 0.2) is 23.2 Å². The van der Waals surface area contributed by atoms with Crippen LogP contribution >= 0.6 is 11.3 Å². The predicted molar refractivity (Wildman–Crippen MR) is 107 cm³/mol. The molecule has 1 aromatic heterocycles. The van der Waals surface area contributed by atoms with E-state index in [2.05, 4.69) is 18.8 Å². The van der Waals surface area contributed by atoms with E-state index in [9.17, 15) is 9.59 Å². The van der Waals surface area contributed by atoms with Gasteiger partial charge in [0, 0.05) is 5.92 Å². The zero-order valence-electron chi connectivity index (χ0n) is 16.5. The Morgan fingerprint density at radius 2 is 1.89 bits per heavy atom. The van der Waals surface area contributed by atoms with Crippen molar-refractivity contribution in [2.24, 2.45) is 10.9 Å². The molecule has 7 heteroatoms. The third kappa shape index (κ3) is 5.42. The third-order valence-corrected chi connectivity index (χ3v) is 5.35. The molecular weight excluding hydrogens is 364 g/mol. The quantitative estimate of drug-likeness (QED) is 0.607. The van der Waals surface area contributed by atoms with Crippen LogP contribution < -0.4 is 9.54 Å². The molecule has 1 amide bonds. The summed E-state index contributed by atoms with van der Waals surface area (Å²) in [6.07, 6.45) is 3.54. The van der Waals surface area contributed by atoms with Crippen LogP contribution in [0.3, 0.4) is 0 Å². The first-order chi connectivity index (χ1) is 13.0. The molecule has 0 aliphatic carbocycles. The Labute approximate surface area is 163 Å².